The number of hydrogen-bond donors (Lipinski definition) is 0. The second kappa shape index (κ2) is 16.0. The van der Waals surface area contributed by atoms with Crippen molar-refractivity contribution >= 4 is 97.3 Å². The van der Waals surface area contributed by atoms with E-state index in [2.05, 4.69) is 264 Å². The van der Waals surface area contributed by atoms with Gasteiger partial charge in [0.25, 0.3) is 0 Å². The minimum Gasteiger partial charge on any atom is -0.316 e. The zero-order valence-electron chi connectivity index (χ0n) is 37.6. The minimum atomic E-state index is 1.11. The molecule has 3 heterocycles. The number of aromatic nitrogens is 1. The molecule has 322 valence electrons. The summed E-state index contributed by atoms with van der Waals surface area (Å²) in [5.41, 5.74) is 15.5. The zero-order valence-corrected chi connectivity index (χ0v) is 38.4. The zero-order chi connectivity index (χ0) is 45.4. The van der Waals surface area contributed by atoms with Gasteiger partial charge >= 0.3 is 0 Å². The van der Waals surface area contributed by atoms with E-state index in [0.29, 0.717) is 0 Å². The molecule has 0 bridgehead atoms. The number of anilines is 3. The molecule has 0 atom stereocenters. The van der Waals surface area contributed by atoms with Crippen molar-refractivity contribution in [1.82, 2.24) is 4.40 Å². The third-order valence-corrected chi connectivity index (χ3v) is 15.3. The lowest BCUT2D eigenvalue weighted by molar-refractivity contribution is 1.26. The van der Waals surface area contributed by atoms with E-state index in [4.69, 9.17) is 0 Å². The number of pyridine rings is 1. The Balaban J connectivity index is 0.820. The van der Waals surface area contributed by atoms with E-state index < -0.39 is 0 Å². The highest BCUT2D eigenvalue weighted by molar-refractivity contribution is 7.25. The Hall–Kier alpha value is -8.76. The molecule has 3 heteroatoms. The van der Waals surface area contributed by atoms with Crippen molar-refractivity contribution in [3.05, 3.63) is 255 Å². The number of thiophene rings is 1. The Bertz CT molecular complexity index is 4290. The molecule has 69 heavy (non-hydrogen) atoms. The Labute approximate surface area is 403 Å². The van der Waals surface area contributed by atoms with E-state index in [0.717, 1.165) is 17.1 Å². The number of rotatable bonds is 7. The van der Waals surface area contributed by atoms with Crippen LogP contribution in [0.5, 0.6) is 0 Å². The minimum absolute atomic E-state index is 1.11. The van der Waals surface area contributed by atoms with Crippen LogP contribution in [-0.4, -0.2) is 4.40 Å². The molecule has 0 fully saturated rings. The summed E-state index contributed by atoms with van der Waals surface area (Å²) >= 11 is 1.86. The smallest absolute Gasteiger partial charge is 0.0547 e. The van der Waals surface area contributed by atoms with Gasteiger partial charge in [-0.25, -0.2) is 0 Å². The summed E-state index contributed by atoms with van der Waals surface area (Å²) in [5, 5.41) is 11.4. The van der Waals surface area contributed by atoms with Gasteiger partial charge in [0.1, 0.15) is 0 Å². The molecule has 0 saturated heterocycles. The predicted octanol–water partition coefficient (Wildman–Crippen LogP) is 19.1. The first-order valence-corrected chi connectivity index (χ1v) is 24.5. The van der Waals surface area contributed by atoms with E-state index in [1.165, 1.54) is 113 Å². The van der Waals surface area contributed by atoms with Gasteiger partial charge in [-0.1, -0.05) is 176 Å². The highest BCUT2D eigenvalue weighted by Gasteiger charge is 2.20. The fourth-order valence-electron chi connectivity index (χ4n) is 10.9. The number of hydrogen-bond acceptors (Lipinski definition) is 2. The third kappa shape index (κ3) is 6.54. The second-order valence-corrected chi connectivity index (χ2v) is 19.2. The quantitative estimate of drug-likeness (QED) is 0.145. The summed E-state index contributed by atoms with van der Waals surface area (Å²) in [6.07, 6.45) is 2.20. The summed E-state index contributed by atoms with van der Waals surface area (Å²) in [7, 11) is 0. The highest BCUT2D eigenvalue weighted by Crippen LogP contribution is 2.45. The number of fused-ring (bicyclic) bond motifs is 11. The summed E-state index contributed by atoms with van der Waals surface area (Å²) in [5.74, 6) is 0. The molecule has 0 saturated carbocycles. The molecule has 2 nitrogen and oxygen atoms in total. The summed E-state index contributed by atoms with van der Waals surface area (Å²) < 4.78 is 4.97. The van der Waals surface area contributed by atoms with Crippen molar-refractivity contribution in [3.63, 3.8) is 0 Å². The molecule has 0 aliphatic rings. The van der Waals surface area contributed by atoms with Gasteiger partial charge in [-0.15, -0.1) is 11.3 Å². The Morgan fingerprint density at radius 1 is 0.304 bits per heavy atom. The van der Waals surface area contributed by atoms with Crippen LogP contribution in [0.3, 0.4) is 0 Å². The van der Waals surface area contributed by atoms with Crippen molar-refractivity contribution in [1.29, 1.82) is 0 Å². The van der Waals surface area contributed by atoms with Crippen LogP contribution in [0.4, 0.5) is 17.1 Å². The first kappa shape index (κ1) is 39.4. The monoisotopic (exact) mass is 894 g/mol. The number of nitrogens with zero attached hydrogens (tertiary/aromatic N) is 2. The van der Waals surface area contributed by atoms with Crippen molar-refractivity contribution in [2.75, 3.05) is 4.90 Å². The van der Waals surface area contributed by atoms with Gasteiger partial charge in [-0.3, -0.25) is 0 Å². The van der Waals surface area contributed by atoms with E-state index in [1.54, 1.807) is 0 Å². The Morgan fingerprint density at radius 2 is 0.899 bits per heavy atom. The highest BCUT2D eigenvalue weighted by atomic mass is 32.1. The molecule has 0 radical (unpaired) electrons. The summed E-state index contributed by atoms with van der Waals surface area (Å²) in [4.78, 5) is 2.41. The maximum atomic E-state index is 2.41. The standard InChI is InChI=1S/C66H42N2S/c1-2-14-47(15-3-1)65-61-22-10-11-38-67(61)62-42-59(56-19-6-7-21-58(56)66(62)65)46-26-24-43(25-27-46)48-16-12-17-49(39-48)44-30-32-51(33-31-44)68(53-35-37-64-60(41-53)57-20-8-9-23-63(57)69-64)52-34-36-55-50(40-52)29-28-45-13-4-5-18-54(45)55/h1-42H. The molecule has 0 aliphatic heterocycles. The van der Waals surface area contributed by atoms with Crippen LogP contribution in [-0.2, 0) is 0 Å². The molecule has 0 aliphatic carbocycles. The largest absolute Gasteiger partial charge is 0.316 e. The van der Waals surface area contributed by atoms with Gasteiger partial charge in [0.15, 0.2) is 0 Å². The normalized spacial score (nSPS) is 11.8. The van der Waals surface area contributed by atoms with Crippen LogP contribution in [0, 0.1) is 0 Å². The van der Waals surface area contributed by atoms with Crippen LogP contribution in [0.15, 0.2) is 255 Å². The maximum Gasteiger partial charge on any atom is 0.0547 e. The van der Waals surface area contributed by atoms with E-state index in [-0.39, 0.29) is 0 Å². The molecule has 0 unspecified atom stereocenters. The predicted molar refractivity (Wildman–Crippen MR) is 297 cm³/mol. The van der Waals surface area contributed by atoms with Crippen molar-refractivity contribution in [2.45, 2.75) is 0 Å². The van der Waals surface area contributed by atoms with Gasteiger partial charge in [-0.05, 0) is 144 Å². The SMILES string of the molecule is c1ccc(-c2c3c4ccccc4c(-c4ccc(-c5cccc(-c6ccc(N(c7ccc8c(ccc9ccccc98)c7)c7ccc8sc9ccccc9c8c7)cc6)c5)cc4)cc3n3ccccc23)cc1. The molecule has 0 N–H and O–H groups in total. The lowest BCUT2D eigenvalue weighted by Gasteiger charge is -2.26. The first-order valence-electron chi connectivity index (χ1n) is 23.6. The van der Waals surface area contributed by atoms with Crippen LogP contribution in [0.1, 0.15) is 0 Å². The van der Waals surface area contributed by atoms with E-state index in [9.17, 15) is 0 Å². The third-order valence-electron chi connectivity index (χ3n) is 14.2. The van der Waals surface area contributed by atoms with Crippen LogP contribution < -0.4 is 4.90 Å². The van der Waals surface area contributed by atoms with Crippen molar-refractivity contribution in [3.8, 4) is 44.5 Å². The van der Waals surface area contributed by atoms with Gasteiger partial charge < -0.3 is 9.30 Å². The van der Waals surface area contributed by atoms with E-state index >= 15 is 0 Å². The topological polar surface area (TPSA) is 7.65 Å². The molecule has 11 aromatic carbocycles. The van der Waals surface area contributed by atoms with Crippen LogP contribution >= 0.6 is 11.3 Å². The van der Waals surface area contributed by atoms with Gasteiger partial charge in [0.2, 0.25) is 0 Å². The lowest BCUT2D eigenvalue weighted by Crippen LogP contribution is -2.09. The second-order valence-electron chi connectivity index (χ2n) is 18.1. The molecule has 14 aromatic rings. The van der Waals surface area contributed by atoms with Crippen molar-refractivity contribution < 1.29 is 0 Å². The van der Waals surface area contributed by atoms with Crippen LogP contribution in [0.25, 0.3) is 113 Å². The Kier molecular flexibility index (Phi) is 9.11. The lowest BCUT2D eigenvalue weighted by atomic mass is 9.92. The Morgan fingerprint density at radius 3 is 1.72 bits per heavy atom. The average molecular weight is 895 g/mol. The maximum absolute atomic E-state index is 2.41. The molecule has 14 rings (SSSR count). The summed E-state index contributed by atoms with van der Waals surface area (Å²) in [6, 6.07) is 91.5. The fraction of sp³-hybridized carbons (Fsp3) is 0. The first-order chi connectivity index (χ1) is 34.2. The summed E-state index contributed by atoms with van der Waals surface area (Å²) in [6.45, 7) is 0. The van der Waals surface area contributed by atoms with Gasteiger partial charge in [0.05, 0.1) is 11.0 Å². The molecule has 3 aromatic heterocycles. The molecular weight excluding hydrogens is 853 g/mol. The molecule has 0 amide bonds. The van der Waals surface area contributed by atoms with Crippen LogP contribution in [0.2, 0.25) is 0 Å². The van der Waals surface area contributed by atoms with Crippen molar-refractivity contribution in [2.24, 2.45) is 0 Å². The molecular formula is C66H42N2S. The van der Waals surface area contributed by atoms with Gasteiger partial charge in [0, 0.05) is 54.4 Å². The average Bonchev–Trinajstić information content (AvgIpc) is 3.97. The fourth-order valence-corrected chi connectivity index (χ4v) is 12.0. The number of benzene rings is 11. The van der Waals surface area contributed by atoms with Gasteiger partial charge in [-0.2, -0.15) is 0 Å². The van der Waals surface area contributed by atoms with E-state index in [1.807, 2.05) is 11.3 Å². The molecule has 0 spiro atoms.